The van der Waals surface area contributed by atoms with Crippen molar-refractivity contribution in [2.24, 2.45) is 5.92 Å². The molecule has 1 aliphatic carbocycles. The molecule has 0 amide bonds. The van der Waals surface area contributed by atoms with Gasteiger partial charge in [0.25, 0.3) is 0 Å². The van der Waals surface area contributed by atoms with Crippen molar-refractivity contribution in [3.05, 3.63) is 64.8 Å². The molecule has 1 saturated carbocycles. The first-order valence-electron chi connectivity index (χ1n) is 12.1. The molecule has 0 spiro atoms. The molecule has 5 nitrogen and oxygen atoms in total. The van der Waals surface area contributed by atoms with Crippen LogP contribution in [-0.2, 0) is 6.61 Å². The molecule has 1 saturated heterocycles. The lowest BCUT2D eigenvalue weighted by Gasteiger charge is -2.41. The van der Waals surface area contributed by atoms with Gasteiger partial charge < -0.3 is 15.0 Å². The molecule has 2 aromatic carbocycles. The summed E-state index contributed by atoms with van der Waals surface area (Å²) < 4.78 is 6.01. The summed E-state index contributed by atoms with van der Waals surface area (Å²) in [5.74, 6) is 1.59. The number of rotatable bonds is 7. The first kappa shape index (κ1) is 22.5. The van der Waals surface area contributed by atoms with Crippen molar-refractivity contribution >= 4 is 28.3 Å². The number of Topliss-reactive ketones (excluding diaryl/α,β-unsaturated/α-hetero) is 1. The van der Waals surface area contributed by atoms with Crippen LogP contribution in [0, 0.1) is 5.92 Å². The Morgan fingerprint density at radius 1 is 1.06 bits per heavy atom. The Labute approximate surface area is 200 Å². The van der Waals surface area contributed by atoms with E-state index in [1.165, 1.54) is 32.1 Å². The average molecular weight is 466 g/mol. The number of benzene rings is 2. The molecule has 1 aromatic heterocycles. The Kier molecular flexibility index (Phi) is 7.00. The van der Waals surface area contributed by atoms with Crippen molar-refractivity contribution in [1.82, 2.24) is 15.2 Å². The standard InChI is InChI=1S/C27H32ClN3O2/c28-20-10-12-21(13-11-20)33-18-24-27(22-8-4-5-9-23(22)30-24)26(32)17-31-15-14-29-16-25(31)19-6-2-1-3-7-19/h4-5,8-13,19,25,29-30H,1-3,6-7,14-18H2. The molecular weight excluding hydrogens is 434 g/mol. The fourth-order valence-electron chi connectivity index (χ4n) is 5.52. The van der Waals surface area contributed by atoms with Crippen LogP contribution in [0.5, 0.6) is 5.75 Å². The van der Waals surface area contributed by atoms with E-state index in [4.69, 9.17) is 16.3 Å². The van der Waals surface area contributed by atoms with Gasteiger partial charge in [0.15, 0.2) is 5.78 Å². The van der Waals surface area contributed by atoms with Gasteiger partial charge in [0.1, 0.15) is 12.4 Å². The summed E-state index contributed by atoms with van der Waals surface area (Å²) in [7, 11) is 0. The van der Waals surface area contributed by atoms with Crippen LogP contribution in [-0.4, -0.2) is 47.9 Å². The molecule has 2 heterocycles. The number of carbonyl (C=O) groups is 1. The van der Waals surface area contributed by atoms with Gasteiger partial charge in [-0.15, -0.1) is 0 Å². The highest BCUT2D eigenvalue weighted by molar-refractivity contribution is 6.30. The Bertz CT molecular complexity index is 1090. The van der Waals surface area contributed by atoms with Gasteiger partial charge in [-0.25, -0.2) is 0 Å². The molecule has 3 aromatic rings. The minimum Gasteiger partial charge on any atom is -0.487 e. The lowest BCUT2D eigenvalue weighted by atomic mass is 9.82. The number of hydrogen-bond acceptors (Lipinski definition) is 4. The van der Waals surface area contributed by atoms with Gasteiger partial charge in [0, 0.05) is 41.6 Å². The van der Waals surface area contributed by atoms with Crippen molar-refractivity contribution in [3.8, 4) is 5.75 Å². The summed E-state index contributed by atoms with van der Waals surface area (Å²) in [5.41, 5.74) is 2.57. The number of aromatic nitrogens is 1. The van der Waals surface area contributed by atoms with Crippen molar-refractivity contribution < 1.29 is 9.53 Å². The van der Waals surface area contributed by atoms with Gasteiger partial charge in [-0.2, -0.15) is 0 Å². The molecule has 2 N–H and O–H groups in total. The minimum atomic E-state index is 0.171. The first-order chi connectivity index (χ1) is 16.2. The number of piperazine rings is 1. The smallest absolute Gasteiger partial charge is 0.179 e. The highest BCUT2D eigenvalue weighted by Gasteiger charge is 2.32. The maximum Gasteiger partial charge on any atom is 0.179 e. The second-order valence-electron chi connectivity index (χ2n) is 9.33. The van der Waals surface area contributed by atoms with Gasteiger partial charge in [-0.3, -0.25) is 9.69 Å². The van der Waals surface area contributed by atoms with Crippen LogP contribution in [0.25, 0.3) is 10.9 Å². The third-order valence-corrected chi connectivity index (χ3v) is 7.45. The number of nitrogens with zero attached hydrogens (tertiary/aromatic N) is 1. The summed E-state index contributed by atoms with van der Waals surface area (Å²) in [4.78, 5) is 19.6. The molecule has 1 unspecified atom stereocenters. The number of aromatic amines is 1. The predicted octanol–water partition coefficient (Wildman–Crippen LogP) is 5.44. The lowest BCUT2D eigenvalue weighted by Crippen LogP contribution is -2.56. The number of para-hydroxylation sites is 1. The van der Waals surface area contributed by atoms with Crippen LogP contribution in [0.4, 0.5) is 0 Å². The zero-order valence-corrected chi connectivity index (χ0v) is 19.7. The number of ketones is 1. The van der Waals surface area contributed by atoms with E-state index < -0.39 is 0 Å². The first-order valence-corrected chi connectivity index (χ1v) is 12.5. The monoisotopic (exact) mass is 465 g/mol. The van der Waals surface area contributed by atoms with Crippen LogP contribution in [0.1, 0.15) is 48.2 Å². The van der Waals surface area contributed by atoms with E-state index >= 15 is 0 Å². The van der Waals surface area contributed by atoms with E-state index in [1.807, 2.05) is 48.5 Å². The van der Waals surface area contributed by atoms with E-state index in [1.54, 1.807) is 0 Å². The average Bonchev–Trinajstić information content (AvgIpc) is 3.23. The number of H-pyrrole nitrogens is 1. The second kappa shape index (κ2) is 10.3. The SMILES string of the molecule is O=C(CN1CCNCC1C1CCCCC1)c1c(COc2ccc(Cl)cc2)[nH]c2ccccc12. The molecule has 1 aliphatic heterocycles. The number of hydrogen-bond donors (Lipinski definition) is 2. The van der Waals surface area contributed by atoms with Gasteiger partial charge >= 0.3 is 0 Å². The molecule has 33 heavy (non-hydrogen) atoms. The van der Waals surface area contributed by atoms with Crippen molar-refractivity contribution in [1.29, 1.82) is 0 Å². The van der Waals surface area contributed by atoms with E-state index in [9.17, 15) is 4.79 Å². The highest BCUT2D eigenvalue weighted by Crippen LogP contribution is 2.31. The van der Waals surface area contributed by atoms with Gasteiger partial charge in [-0.1, -0.05) is 49.1 Å². The van der Waals surface area contributed by atoms with E-state index in [0.29, 0.717) is 30.1 Å². The molecule has 2 fully saturated rings. The second-order valence-corrected chi connectivity index (χ2v) is 9.77. The zero-order chi connectivity index (χ0) is 22.6. The van der Waals surface area contributed by atoms with E-state index in [2.05, 4.69) is 15.2 Å². The highest BCUT2D eigenvalue weighted by atomic mass is 35.5. The van der Waals surface area contributed by atoms with Crippen molar-refractivity contribution in [2.75, 3.05) is 26.2 Å². The number of ether oxygens (including phenoxy) is 1. The Balaban J connectivity index is 1.37. The lowest BCUT2D eigenvalue weighted by molar-refractivity contribution is 0.0714. The Morgan fingerprint density at radius 2 is 1.85 bits per heavy atom. The van der Waals surface area contributed by atoms with Crippen LogP contribution in [0.15, 0.2) is 48.5 Å². The fraction of sp³-hybridized carbons (Fsp3) is 0.444. The largest absolute Gasteiger partial charge is 0.487 e. The summed E-state index contributed by atoms with van der Waals surface area (Å²) in [6.07, 6.45) is 6.55. The normalized spacial score (nSPS) is 20.2. The molecule has 0 bridgehead atoms. The molecule has 0 radical (unpaired) electrons. The van der Waals surface area contributed by atoms with Gasteiger partial charge in [-0.05, 0) is 49.1 Å². The number of carbonyl (C=O) groups excluding carboxylic acids is 1. The summed E-state index contributed by atoms with van der Waals surface area (Å²) in [6, 6.07) is 15.8. The summed E-state index contributed by atoms with van der Waals surface area (Å²) in [5, 5.41) is 5.21. The zero-order valence-electron chi connectivity index (χ0n) is 19.0. The quantitative estimate of drug-likeness (QED) is 0.456. The molecule has 6 heteroatoms. The molecule has 174 valence electrons. The topological polar surface area (TPSA) is 57.4 Å². The molecule has 2 aliphatic rings. The van der Waals surface area contributed by atoms with Gasteiger partial charge in [0.05, 0.1) is 17.8 Å². The maximum atomic E-state index is 13.7. The summed E-state index contributed by atoms with van der Waals surface area (Å²) in [6.45, 7) is 3.62. The molecular formula is C27H32ClN3O2. The number of fused-ring (bicyclic) bond motifs is 1. The minimum absolute atomic E-state index is 0.171. The van der Waals surface area contributed by atoms with Crippen LogP contribution < -0.4 is 10.1 Å². The predicted molar refractivity (Wildman–Crippen MR) is 133 cm³/mol. The van der Waals surface area contributed by atoms with Gasteiger partial charge in [0.2, 0.25) is 0 Å². The number of nitrogens with one attached hydrogen (secondary N) is 2. The van der Waals surface area contributed by atoms with Crippen molar-refractivity contribution in [2.45, 2.75) is 44.8 Å². The van der Waals surface area contributed by atoms with E-state index in [0.717, 1.165) is 47.5 Å². The summed E-state index contributed by atoms with van der Waals surface area (Å²) >= 11 is 5.99. The Hall–Kier alpha value is -2.34. The fourth-order valence-corrected chi connectivity index (χ4v) is 5.65. The third kappa shape index (κ3) is 5.11. The third-order valence-electron chi connectivity index (χ3n) is 7.20. The van der Waals surface area contributed by atoms with Crippen molar-refractivity contribution in [3.63, 3.8) is 0 Å². The molecule has 1 atom stereocenters. The molecule has 5 rings (SSSR count). The number of halogens is 1. The maximum absolute atomic E-state index is 13.7. The van der Waals surface area contributed by atoms with Crippen LogP contribution in [0.2, 0.25) is 5.02 Å². The van der Waals surface area contributed by atoms with Crippen LogP contribution in [0.3, 0.4) is 0 Å². The van der Waals surface area contributed by atoms with E-state index in [-0.39, 0.29) is 5.78 Å². The van der Waals surface area contributed by atoms with Crippen LogP contribution >= 0.6 is 11.6 Å². The Morgan fingerprint density at radius 3 is 2.67 bits per heavy atom.